The average molecular weight is 257 g/mol. The smallest absolute Gasteiger partial charge is 0.0991 e. The van der Waals surface area contributed by atoms with Crippen molar-refractivity contribution in [1.82, 2.24) is 10.2 Å². The van der Waals surface area contributed by atoms with E-state index in [1.54, 1.807) is 0 Å². The molecule has 1 aromatic rings. The van der Waals surface area contributed by atoms with E-state index in [-0.39, 0.29) is 0 Å². The molecule has 2 rings (SSSR count). The Morgan fingerprint density at radius 2 is 2.37 bits per heavy atom. The van der Waals surface area contributed by atoms with Crippen molar-refractivity contribution in [3.05, 3.63) is 35.4 Å². The minimum absolute atomic E-state index is 0.757. The van der Waals surface area contributed by atoms with E-state index in [4.69, 9.17) is 5.26 Å². The Kier molecular flexibility index (Phi) is 5.38. The number of nitrogens with one attached hydrogen (secondary N) is 1. The maximum atomic E-state index is 8.94. The summed E-state index contributed by atoms with van der Waals surface area (Å²) in [6.07, 6.45) is 2.63. The Hall–Kier alpha value is -1.37. The third-order valence-electron chi connectivity index (χ3n) is 3.82. The molecule has 1 saturated heterocycles. The van der Waals surface area contributed by atoms with Gasteiger partial charge in [0.1, 0.15) is 0 Å². The minimum atomic E-state index is 0.757. The van der Waals surface area contributed by atoms with Gasteiger partial charge in [-0.2, -0.15) is 5.26 Å². The van der Waals surface area contributed by atoms with Crippen molar-refractivity contribution in [2.75, 3.05) is 26.2 Å². The summed E-state index contributed by atoms with van der Waals surface area (Å²) in [7, 11) is 0. The zero-order chi connectivity index (χ0) is 13.5. The predicted octanol–water partition coefficient (Wildman–Crippen LogP) is 2.38. The van der Waals surface area contributed by atoms with Crippen LogP contribution in [0.5, 0.6) is 0 Å². The van der Waals surface area contributed by atoms with Gasteiger partial charge in [0.05, 0.1) is 11.6 Å². The molecule has 1 atom stereocenters. The molecule has 1 fully saturated rings. The molecule has 0 radical (unpaired) electrons. The van der Waals surface area contributed by atoms with Gasteiger partial charge < -0.3 is 5.32 Å². The molecular weight excluding hydrogens is 234 g/mol. The molecule has 1 aliphatic rings. The first-order valence-corrected chi connectivity index (χ1v) is 7.24. The summed E-state index contributed by atoms with van der Waals surface area (Å²) in [5.74, 6) is 0.771. The van der Waals surface area contributed by atoms with Crippen molar-refractivity contribution in [2.24, 2.45) is 5.92 Å². The first-order valence-electron chi connectivity index (χ1n) is 7.24. The van der Waals surface area contributed by atoms with E-state index in [0.29, 0.717) is 0 Å². The normalized spacial score (nSPS) is 19.3. The molecule has 0 aromatic heterocycles. The highest BCUT2D eigenvalue weighted by molar-refractivity contribution is 5.32. The molecule has 102 valence electrons. The Morgan fingerprint density at radius 1 is 1.47 bits per heavy atom. The Morgan fingerprint density at radius 3 is 3.05 bits per heavy atom. The van der Waals surface area contributed by atoms with Crippen molar-refractivity contribution in [3.63, 3.8) is 0 Å². The van der Waals surface area contributed by atoms with Crippen molar-refractivity contribution in [1.29, 1.82) is 5.26 Å². The topological polar surface area (TPSA) is 39.1 Å². The fourth-order valence-electron chi connectivity index (χ4n) is 2.75. The largest absolute Gasteiger partial charge is 0.316 e. The number of benzene rings is 1. The molecule has 1 N–H and O–H groups in total. The fourth-order valence-corrected chi connectivity index (χ4v) is 2.75. The van der Waals surface area contributed by atoms with E-state index in [9.17, 15) is 0 Å². The van der Waals surface area contributed by atoms with Crippen LogP contribution in [0.3, 0.4) is 0 Å². The van der Waals surface area contributed by atoms with Gasteiger partial charge in [0, 0.05) is 13.1 Å². The lowest BCUT2D eigenvalue weighted by molar-refractivity contribution is 0.209. The summed E-state index contributed by atoms with van der Waals surface area (Å²) < 4.78 is 0. The highest BCUT2D eigenvalue weighted by Crippen LogP contribution is 2.14. The Labute approximate surface area is 116 Å². The van der Waals surface area contributed by atoms with Gasteiger partial charge in [-0.3, -0.25) is 4.90 Å². The standard InChI is InChI=1S/C16H23N3/c1-2-19(13-16-7-4-8-18-11-16)12-15-6-3-5-14(9-15)10-17/h3,5-6,9,16,18H,2,4,7-8,11-13H2,1H3. The molecule has 0 saturated carbocycles. The zero-order valence-electron chi connectivity index (χ0n) is 11.7. The second kappa shape index (κ2) is 7.28. The van der Waals surface area contributed by atoms with Crippen molar-refractivity contribution in [3.8, 4) is 6.07 Å². The van der Waals surface area contributed by atoms with Gasteiger partial charge in [-0.1, -0.05) is 19.1 Å². The lowest BCUT2D eigenvalue weighted by Gasteiger charge is -2.29. The summed E-state index contributed by atoms with van der Waals surface area (Å²) in [4.78, 5) is 2.48. The van der Waals surface area contributed by atoms with Gasteiger partial charge in [-0.05, 0) is 56.1 Å². The Bertz CT molecular complexity index is 430. The molecule has 1 aromatic carbocycles. The summed E-state index contributed by atoms with van der Waals surface area (Å²) in [6.45, 7) is 7.70. The maximum Gasteiger partial charge on any atom is 0.0991 e. The molecule has 3 heteroatoms. The Balaban J connectivity index is 1.92. The van der Waals surface area contributed by atoms with E-state index < -0.39 is 0 Å². The van der Waals surface area contributed by atoms with Crippen LogP contribution in [-0.4, -0.2) is 31.1 Å². The summed E-state index contributed by atoms with van der Waals surface area (Å²) in [5.41, 5.74) is 2.00. The third-order valence-corrected chi connectivity index (χ3v) is 3.82. The number of hydrogen-bond acceptors (Lipinski definition) is 3. The van der Waals surface area contributed by atoms with E-state index in [2.05, 4.69) is 29.3 Å². The van der Waals surface area contributed by atoms with E-state index in [1.165, 1.54) is 24.9 Å². The van der Waals surface area contributed by atoms with E-state index in [0.717, 1.165) is 37.7 Å². The molecule has 1 heterocycles. The first kappa shape index (κ1) is 14.0. The minimum Gasteiger partial charge on any atom is -0.316 e. The summed E-state index contributed by atoms with van der Waals surface area (Å²) in [5, 5.41) is 12.4. The maximum absolute atomic E-state index is 8.94. The van der Waals surface area contributed by atoms with Crippen LogP contribution >= 0.6 is 0 Å². The molecule has 1 aliphatic heterocycles. The lowest BCUT2D eigenvalue weighted by atomic mass is 9.99. The van der Waals surface area contributed by atoms with Crippen LogP contribution in [0, 0.1) is 17.2 Å². The average Bonchev–Trinajstić information content (AvgIpc) is 2.48. The quantitative estimate of drug-likeness (QED) is 0.880. The van der Waals surface area contributed by atoms with Crippen LogP contribution in [0.2, 0.25) is 0 Å². The highest BCUT2D eigenvalue weighted by Gasteiger charge is 2.16. The molecule has 19 heavy (non-hydrogen) atoms. The summed E-state index contributed by atoms with van der Waals surface area (Å²) >= 11 is 0. The van der Waals surface area contributed by atoms with Gasteiger partial charge in [0.15, 0.2) is 0 Å². The van der Waals surface area contributed by atoms with E-state index in [1.807, 2.05) is 18.2 Å². The van der Waals surface area contributed by atoms with Crippen molar-refractivity contribution >= 4 is 0 Å². The van der Waals surface area contributed by atoms with Crippen molar-refractivity contribution in [2.45, 2.75) is 26.3 Å². The van der Waals surface area contributed by atoms with Gasteiger partial charge in [0.25, 0.3) is 0 Å². The van der Waals surface area contributed by atoms with Crippen LogP contribution in [-0.2, 0) is 6.54 Å². The molecule has 0 amide bonds. The molecule has 0 aliphatic carbocycles. The molecule has 0 bridgehead atoms. The van der Waals surface area contributed by atoms with Crippen LogP contribution in [0.4, 0.5) is 0 Å². The van der Waals surface area contributed by atoms with Crippen LogP contribution in [0.15, 0.2) is 24.3 Å². The molecule has 1 unspecified atom stereocenters. The zero-order valence-corrected chi connectivity index (χ0v) is 11.7. The second-order valence-corrected chi connectivity index (χ2v) is 5.35. The number of rotatable bonds is 5. The monoisotopic (exact) mass is 257 g/mol. The number of piperidine rings is 1. The SMILES string of the molecule is CCN(Cc1cccc(C#N)c1)CC1CCCNC1. The summed E-state index contributed by atoms with van der Waals surface area (Å²) in [6, 6.07) is 10.2. The van der Waals surface area contributed by atoms with Gasteiger partial charge in [0.2, 0.25) is 0 Å². The van der Waals surface area contributed by atoms with Crippen molar-refractivity contribution < 1.29 is 0 Å². The number of nitrogens with zero attached hydrogens (tertiary/aromatic N) is 2. The number of nitriles is 1. The van der Waals surface area contributed by atoms with Gasteiger partial charge >= 0.3 is 0 Å². The second-order valence-electron chi connectivity index (χ2n) is 5.35. The van der Waals surface area contributed by atoms with Crippen LogP contribution in [0.25, 0.3) is 0 Å². The molecule has 3 nitrogen and oxygen atoms in total. The highest BCUT2D eigenvalue weighted by atomic mass is 15.1. The van der Waals surface area contributed by atoms with Gasteiger partial charge in [-0.25, -0.2) is 0 Å². The third kappa shape index (κ3) is 4.34. The predicted molar refractivity (Wildman–Crippen MR) is 77.7 cm³/mol. The lowest BCUT2D eigenvalue weighted by Crippen LogP contribution is -2.38. The van der Waals surface area contributed by atoms with Crippen LogP contribution in [0.1, 0.15) is 30.9 Å². The van der Waals surface area contributed by atoms with Gasteiger partial charge in [-0.15, -0.1) is 0 Å². The first-order chi connectivity index (χ1) is 9.31. The van der Waals surface area contributed by atoms with Crippen LogP contribution < -0.4 is 5.32 Å². The molecular formula is C16H23N3. The molecule has 0 spiro atoms. The van der Waals surface area contributed by atoms with E-state index >= 15 is 0 Å². The fraction of sp³-hybridized carbons (Fsp3) is 0.562. The number of hydrogen-bond donors (Lipinski definition) is 1.